The van der Waals surface area contributed by atoms with E-state index in [0.29, 0.717) is 6.07 Å². The Labute approximate surface area is 115 Å². The molecule has 0 aromatic heterocycles. The van der Waals surface area contributed by atoms with E-state index in [2.05, 4.69) is 4.74 Å². The number of alkyl halides is 6. The molecule has 0 amide bonds. The molecule has 1 aromatic carbocycles. The van der Waals surface area contributed by atoms with Crippen molar-refractivity contribution < 1.29 is 36.2 Å². The van der Waals surface area contributed by atoms with Gasteiger partial charge in [-0.25, -0.2) is 0 Å². The Morgan fingerprint density at radius 2 is 1.65 bits per heavy atom. The molecule has 2 atom stereocenters. The molecule has 3 N–H and O–H groups in total. The first-order chi connectivity index (χ1) is 8.50. The summed E-state index contributed by atoms with van der Waals surface area (Å²) in [5.41, 5.74) is 4.82. The molecule has 0 aliphatic heterocycles. The van der Waals surface area contributed by atoms with Crippen molar-refractivity contribution >= 4 is 12.4 Å². The summed E-state index contributed by atoms with van der Waals surface area (Å²) in [5, 5.41) is 8.92. The molecule has 10 heteroatoms. The van der Waals surface area contributed by atoms with Gasteiger partial charge in [-0.05, 0) is 17.7 Å². The normalized spacial score (nSPS) is 15.2. The van der Waals surface area contributed by atoms with E-state index in [9.17, 15) is 26.3 Å². The lowest BCUT2D eigenvalue weighted by Crippen LogP contribution is -2.38. The van der Waals surface area contributed by atoms with Gasteiger partial charge in [-0.2, -0.15) is 13.2 Å². The molecule has 3 nitrogen and oxygen atoms in total. The van der Waals surface area contributed by atoms with Gasteiger partial charge in [-0.1, -0.05) is 12.1 Å². The van der Waals surface area contributed by atoms with Crippen molar-refractivity contribution in [3.8, 4) is 5.75 Å². The molecule has 0 radical (unpaired) electrons. The van der Waals surface area contributed by atoms with Crippen molar-refractivity contribution in [2.75, 3.05) is 0 Å². The van der Waals surface area contributed by atoms with Crippen molar-refractivity contribution in [2.24, 2.45) is 5.73 Å². The largest absolute Gasteiger partial charge is 0.573 e. The lowest BCUT2D eigenvalue weighted by molar-refractivity contribution is -0.274. The Morgan fingerprint density at radius 3 is 2.10 bits per heavy atom. The van der Waals surface area contributed by atoms with E-state index in [1.807, 2.05) is 0 Å². The third-order valence-corrected chi connectivity index (χ3v) is 2.15. The van der Waals surface area contributed by atoms with Crippen LogP contribution in [0.2, 0.25) is 0 Å². The summed E-state index contributed by atoms with van der Waals surface area (Å²) in [4.78, 5) is 0. The topological polar surface area (TPSA) is 55.5 Å². The van der Waals surface area contributed by atoms with Crippen molar-refractivity contribution in [2.45, 2.75) is 24.7 Å². The average molecular weight is 326 g/mol. The second-order valence-electron chi connectivity index (χ2n) is 3.63. The number of aliphatic hydroxyl groups excluding tert-OH is 1. The highest BCUT2D eigenvalue weighted by atomic mass is 35.5. The van der Waals surface area contributed by atoms with Crippen LogP contribution in [0.4, 0.5) is 26.3 Å². The Hall–Kier alpha value is -1.19. The standard InChI is InChI=1S/C10H9F6NO2.ClH/c11-9(12,13)8(18)7(17)5-2-1-3-6(4-5)19-10(14,15)16;/h1-4,7-8,18H,17H2;1H/t7-,8-;/m1./s1. The van der Waals surface area contributed by atoms with Crippen LogP contribution in [0.5, 0.6) is 5.75 Å². The number of aliphatic hydroxyl groups is 1. The minimum absolute atomic E-state index is 0. The molecule has 20 heavy (non-hydrogen) atoms. The SMILES string of the molecule is Cl.N[C@H](c1cccc(OC(F)(F)F)c1)[C@@H](O)C(F)(F)F. The smallest absolute Gasteiger partial charge is 0.406 e. The Morgan fingerprint density at radius 1 is 1.10 bits per heavy atom. The summed E-state index contributed by atoms with van der Waals surface area (Å²) in [7, 11) is 0. The Kier molecular flexibility index (Phi) is 6.12. The summed E-state index contributed by atoms with van der Waals surface area (Å²) in [6.07, 6.45) is -12.8. The maximum absolute atomic E-state index is 12.2. The van der Waals surface area contributed by atoms with Crippen LogP contribution < -0.4 is 10.5 Å². The first-order valence-corrected chi connectivity index (χ1v) is 4.87. The fraction of sp³-hybridized carbons (Fsp3) is 0.400. The molecule has 0 spiro atoms. The fourth-order valence-corrected chi connectivity index (χ4v) is 1.30. The molecular formula is C10H10ClF6NO2. The van der Waals surface area contributed by atoms with E-state index in [1.54, 1.807) is 0 Å². The Bertz CT molecular complexity index is 436. The van der Waals surface area contributed by atoms with E-state index in [0.717, 1.165) is 18.2 Å². The lowest BCUT2D eigenvalue weighted by Gasteiger charge is -2.22. The summed E-state index contributed by atoms with van der Waals surface area (Å²) in [6.45, 7) is 0. The van der Waals surface area contributed by atoms with Crippen LogP contribution in [-0.4, -0.2) is 23.7 Å². The van der Waals surface area contributed by atoms with Gasteiger partial charge in [-0.15, -0.1) is 25.6 Å². The quantitative estimate of drug-likeness (QED) is 0.840. The molecule has 1 aromatic rings. The van der Waals surface area contributed by atoms with E-state index >= 15 is 0 Å². The lowest BCUT2D eigenvalue weighted by atomic mass is 10.0. The van der Waals surface area contributed by atoms with Crippen molar-refractivity contribution in [3.05, 3.63) is 29.8 Å². The number of nitrogens with two attached hydrogens (primary N) is 1. The number of benzene rings is 1. The molecule has 0 aliphatic carbocycles. The summed E-state index contributed by atoms with van der Waals surface area (Å²) in [5.74, 6) is -0.713. The highest BCUT2D eigenvalue weighted by Gasteiger charge is 2.42. The maximum Gasteiger partial charge on any atom is 0.573 e. The van der Waals surface area contributed by atoms with Gasteiger partial charge in [-0.3, -0.25) is 0 Å². The number of hydrogen-bond acceptors (Lipinski definition) is 3. The number of rotatable bonds is 3. The molecule has 0 saturated heterocycles. The fourth-order valence-electron chi connectivity index (χ4n) is 1.30. The Balaban J connectivity index is 0.00000361. The van der Waals surface area contributed by atoms with Crippen LogP contribution in [-0.2, 0) is 0 Å². The molecular weight excluding hydrogens is 316 g/mol. The zero-order valence-corrected chi connectivity index (χ0v) is 10.4. The van der Waals surface area contributed by atoms with Crippen LogP contribution in [0, 0.1) is 0 Å². The van der Waals surface area contributed by atoms with Gasteiger partial charge in [0.25, 0.3) is 0 Å². The minimum atomic E-state index is -4.97. The first kappa shape index (κ1) is 18.8. The molecule has 116 valence electrons. The second-order valence-corrected chi connectivity index (χ2v) is 3.63. The van der Waals surface area contributed by atoms with Crippen LogP contribution in [0.3, 0.4) is 0 Å². The minimum Gasteiger partial charge on any atom is -0.406 e. The van der Waals surface area contributed by atoms with Crippen LogP contribution >= 0.6 is 12.4 Å². The van der Waals surface area contributed by atoms with Gasteiger partial charge in [0.15, 0.2) is 6.10 Å². The second kappa shape index (κ2) is 6.51. The van der Waals surface area contributed by atoms with Crippen molar-refractivity contribution in [1.29, 1.82) is 0 Å². The highest BCUT2D eigenvalue weighted by Crippen LogP contribution is 2.31. The molecule has 0 saturated carbocycles. The van der Waals surface area contributed by atoms with E-state index in [4.69, 9.17) is 10.8 Å². The van der Waals surface area contributed by atoms with Crippen LogP contribution in [0.25, 0.3) is 0 Å². The van der Waals surface area contributed by atoms with Gasteiger partial charge >= 0.3 is 12.5 Å². The average Bonchev–Trinajstić information content (AvgIpc) is 2.23. The van der Waals surface area contributed by atoms with Gasteiger partial charge in [0.05, 0.1) is 6.04 Å². The van der Waals surface area contributed by atoms with Gasteiger partial charge in [0.2, 0.25) is 0 Å². The van der Waals surface area contributed by atoms with Gasteiger partial charge in [0.1, 0.15) is 5.75 Å². The third kappa shape index (κ3) is 5.43. The predicted octanol–water partition coefficient (Wildman–Crippen LogP) is 2.93. The first-order valence-electron chi connectivity index (χ1n) is 4.87. The molecule has 0 bridgehead atoms. The maximum atomic E-state index is 12.2. The predicted molar refractivity (Wildman–Crippen MR) is 59.4 cm³/mol. The highest BCUT2D eigenvalue weighted by molar-refractivity contribution is 5.85. The summed E-state index contributed by atoms with van der Waals surface area (Å²) >= 11 is 0. The summed E-state index contributed by atoms with van der Waals surface area (Å²) in [6, 6.07) is 1.79. The van der Waals surface area contributed by atoms with Crippen molar-refractivity contribution in [3.63, 3.8) is 0 Å². The molecule has 0 unspecified atom stereocenters. The van der Waals surface area contributed by atoms with Gasteiger partial charge in [0, 0.05) is 0 Å². The molecule has 0 heterocycles. The monoisotopic (exact) mass is 325 g/mol. The molecule has 1 rings (SSSR count). The number of halogens is 7. The molecule has 0 fully saturated rings. The summed E-state index contributed by atoms with van der Waals surface area (Å²) < 4.78 is 76.0. The van der Waals surface area contributed by atoms with E-state index < -0.39 is 30.4 Å². The van der Waals surface area contributed by atoms with Crippen LogP contribution in [0.15, 0.2) is 24.3 Å². The zero-order valence-electron chi connectivity index (χ0n) is 9.57. The van der Waals surface area contributed by atoms with Gasteiger partial charge < -0.3 is 15.6 Å². The molecule has 0 aliphatic rings. The van der Waals surface area contributed by atoms with E-state index in [-0.39, 0.29) is 18.0 Å². The zero-order chi connectivity index (χ0) is 14.8. The van der Waals surface area contributed by atoms with Crippen LogP contribution in [0.1, 0.15) is 11.6 Å². The van der Waals surface area contributed by atoms with E-state index in [1.165, 1.54) is 0 Å². The number of hydrogen-bond donors (Lipinski definition) is 2. The number of ether oxygens (including phenoxy) is 1. The van der Waals surface area contributed by atoms with Crippen molar-refractivity contribution in [1.82, 2.24) is 0 Å². The third-order valence-electron chi connectivity index (χ3n) is 2.15.